The maximum atomic E-state index is 12.8. The van der Waals surface area contributed by atoms with Crippen LogP contribution in [0, 0.1) is 20.2 Å². The Balaban J connectivity index is 1.61. The number of aromatic nitrogens is 3. The molecule has 3 aromatic rings. The van der Waals surface area contributed by atoms with E-state index in [9.17, 15) is 25.0 Å². The quantitative estimate of drug-likeness (QED) is 0.484. The zero-order valence-electron chi connectivity index (χ0n) is 16.6. The van der Waals surface area contributed by atoms with Crippen molar-refractivity contribution in [3.63, 3.8) is 0 Å². The van der Waals surface area contributed by atoms with Gasteiger partial charge in [0.2, 0.25) is 5.95 Å². The summed E-state index contributed by atoms with van der Waals surface area (Å²) < 4.78 is 1.60. The SMILES string of the molecule is O=C1CCCC2=C1C(c1ccc([N+](=O)[O-])cc1)n1nc(-c3ccc([N+](=O)[O-])cc3)nc1N2. The lowest BCUT2D eigenvalue weighted by Crippen LogP contribution is -2.31. The molecule has 11 nitrogen and oxygen atoms in total. The highest BCUT2D eigenvalue weighted by molar-refractivity contribution is 5.99. The lowest BCUT2D eigenvalue weighted by atomic mass is 9.85. The third kappa shape index (κ3) is 3.20. The Morgan fingerprint density at radius 1 is 0.938 bits per heavy atom. The molecule has 1 aliphatic heterocycles. The van der Waals surface area contributed by atoms with Gasteiger partial charge in [0.1, 0.15) is 6.04 Å². The van der Waals surface area contributed by atoms with Crippen LogP contribution in [0.4, 0.5) is 17.3 Å². The van der Waals surface area contributed by atoms with Gasteiger partial charge in [-0.15, -0.1) is 5.10 Å². The van der Waals surface area contributed by atoms with E-state index in [2.05, 4.69) is 15.4 Å². The van der Waals surface area contributed by atoms with E-state index in [4.69, 9.17) is 0 Å². The van der Waals surface area contributed by atoms with Gasteiger partial charge in [0.25, 0.3) is 11.4 Å². The van der Waals surface area contributed by atoms with Crippen LogP contribution >= 0.6 is 0 Å². The number of nitrogens with zero attached hydrogens (tertiary/aromatic N) is 5. The fourth-order valence-electron chi connectivity index (χ4n) is 4.10. The first-order chi connectivity index (χ1) is 15.4. The normalized spacial score (nSPS) is 17.4. The number of allylic oxidation sites excluding steroid dienone is 2. The summed E-state index contributed by atoms with van der Waals surface area (Å²) in [7, 11) is 0. The lowest BCUT2D eigenvalue weighted by Gasteiger charge is -2.32. The Kier molecular flexibility index (Phi) is 4.51. The van der Waals surface area contributed by atoms with E-state index in [0.29, 0.717) is 41.3 Å². The highest BCUT2D eigenvalue weighted by Gasteiger charge is 2.37. The van der Waals surface area contributed by atoms with Crippen molar-refractivity contribution in [1.29, 1.82) is 0 Å². The molecule has 0 radical (unpaired) electrons. The van der Waals surface area contributed by atoms with Gasteiger partial charge in [0.05, 0.1) is 9.85 Å². The van der Waals surface area contributed by atoms with Gasteiger partial charge in [-0.05, 0) is 42.7 Å². The number of non-ortho nitro benzene ring substituents is 2. The fourth-order valence-corrected chi connectivity index (χ4v) is 4.10. The number of nitro benzene ring substituents is 2. The van der Waals surface area contributed by atoms with Crippen LogP contribution in [0.1, 0.15) is 30.9 Å². The molecule has 160 valence electrons. The van der Waals surface area contributed by atoms with Crippen molar-refractivity contribution in [2.75, 3.05) is 5.32 Å². The second-order valence-corrected chi connectivity index (χ2v) is 7.55. The Morgan fingerprint density at radius 3 is 2.19 bits per heavy atom. The van der Waals surface area contributed by atoms with Crippen LogP contribution in [-0.2, 0) is 4.79 Å². The molecule has 0 fully saturated rings. The predicted molar refractivity (Wildman–Crippen MR) is 113 cm³/mol. The number of hydrogen-bond donors (Lipinski definition) is 1. The zero-order valence-corrected chi connectivity index (χ0v) is 16.6. The second kappa shape index (κ2) is 7.38. The summed E-state index contributed by atoms with van der Waals surface area (Å²) in [5.74, 6) is 0.789. The van der Waals surface area contributed by atoms with E-state index >= 15 is 0 Å². The topological polar surface area (TPSA) is 146 Å². The number of rotatable bonds is 4. The van der Waals surface area contributed by atoms with E-state index in [1.807, 2.05) is 0 Å². The van der Waals surface area contributed by atoms with Gasteiger partial charge in [-0.3, -0.25) is 25.0 Å². The summed E-state index contributed by atoms with van der Waals surface area (Å²) in [5, 5.41) is 29.8. The molecule has 2 aromatic carbocycles. The molecule has 0 saturated heterocycles. The molecule has 0 spiro atoms. The number of nitro groups is 2. The first-order valence-corrected chi connectivity index (χ1v) is 9.91. The minimum atomic E-state index is -0.575. The maximum Gasteiger partial charge on any atom is 0.269 e. The molecule has 2 heterocycles. The lowest BCUT2D eigenvalue weighted by molar-refractivity contribution is -0.385. The smallest absolute Gasteiger partial charge is 0.269 e. The van der Waals surface area contributed by atoms with E-state index in [0.717, 1.165) is 12.1 Å². The van der Waals surface area contributed by atoms with Crippen molar-refractivity contribution in [2.45, 2.75) is 25.3 Å². The molecule has 1 aromatic heterocycles. The number of Topliss-reactive ketones (excluding diaryl/α,β-unsaturated/α-hetero) is 1. The second-order valence-electron chi connectivity index (χ2n) is 7.55. The van der Waals surface area contributed by atoms with E-state index in [1.165, 1.54) is 24.3 Å². The molecule has 1 unspecified atom stereocenters. The summed E-state index contributed by atoms with van der Waals surface area (Å²) in [4.78, 5) is 38.4. The number of benzene rings is 2. The number of carbonyl (C=O) groups excluding carboxylic acids is 1. The standard InChI is InChI=1S/C21H16N6O5/c28-17-3-1-2-16-18(17)19(12-4-8-14(9-5-12)26(29)30)25-21(22-16)23-20(24-25)13-6-10-15(11-7-13)27(31)32/h4-11,19H,1-3H2,(H,22,23,24). The van der Waals surface area contributed by atoms with Crippen LogP contribution in [0.2, 0.25) is 0 Å². The molecule has 1 N–H and O–H groups in total. The van der Waals surface area contributed by atoms with Crippen LogP contribution in [-0.4, -0.2) is 30.4 Å². The van der Waals surface area contributed by atoms with Crippen LogP contribution in [0.5, 0.6) is 0 Å². The van der Waals surface area contributed by atoms with Gasteiger partial charge in [-0.1, -0.05) is 0 Å². The van der Waals surface area contributed by atoms with Gasteiger partial charge in [-0.25, -0.2) is 4.68 Å². The largest absolute Gasteiger partial charge is 0.328 e. The number of nitrogens with one attached hydrogen (secondary N) is 1. The molecular weight excluding hydrogens is 416 g/mol. The Bertz CT molecular complexity index is 1290. The van der Waals surface area contributed by atoms with Gasteiger partial charge in [0, 0.05) is 47.5 Å². The molecule has 1 atom stereocenters. The van der Waals surface area contributed by atoms with Crippen LogP contribution < -0.4 is 5.32 Å². The minimum absolute atomic E-state index is 0.000128. The average molecular weight is 432 g/mol. The zero-order chi connectivity index (χ0) is 22.4. The predicted octanol–water partition coefficient (Wildman–Crippen LogP) is 3.78. The molecule has 1 aliphatic carbocycles. The monoisotopic (exact) mass is 432 g/mol. The molecule has 32 heavy (non-hydrogen) atoms. The fraction of sp³-hybridized carbons (Fsp3) is 0.190. The van der Waals surface area contributed by atoms with Gasteiger partial charge in [0.15, 0.2) is 11.6 Å². The molecule has 0 amide bonds. The van der Waals surface area contributed by atoms with Crippen molar-refractivity contribution >= 4 is 23.1 Å². The molecule has 11 heteroatoms. The first kappa shape index (κ1) is 19.5. The Labute approximate surface area is 180 Å². The summed E-state index contributed by atoms with van der Waals surface area (Å²) in [6, 6.07) is 11.4. The van der Waals surface area contributed by atoms with E-state index < -0.39 is 15.9 Å². The van der Waals surface area contributed by atoms with Gasteiger partial charge in [-0.2, -0.15) is 4.98 Å². The van der Waals surface area contributed by atoms with Crippen molar-refractivity contribution in [2.24, 2.45) is 0 Å². The Hall–Kier alpha value is -4.41. The summed E-state index contributed by atoms with van der Waals surface area (Å²) >= 11 is 0. The third-order valence-corrected chi connectivity index (χ3v) is 5.62. The summed E-state index contributed by atoms with van der Waals surface area (Å²) in [6.07, 6.45) is 1.83. The number of ketones is 1. The van der Waals surface area contributed by atoms with E-state index in [1.54, 1.807) is 28.9 Å². The first-order valence-electron chi connectivity index (χ1n) is 9.91. The number of fused-ring (bicyclic) bond motifs is 1. The number of carbonyl (C=O) groups is 1. The third-order valence-electron chi connectivity index (χ3n) is 5.62. The summed E-state index contributed by atoms with van der Waals surface area (Å²) in [5.41, 5.74) is 2.55. The van der Waals surface area contributed by atoms with Crippen molar-refractivity contribution in [3.8, 4) is 11.4 Å². The van der Waals surface area contributed by atoms with Crippen molar-refractivity contribution in [1.82, 2.24) is 14.8 Å². The van der Waals surface area contributed by atoms with Crippen molar-refractivity contribution in [3.05, 3.63) is 85.6 Å². The summed E-state index contributed by atoms with van der Waals surface area (Å²) in [6.45, 7) is 0. The molecule has 0 bridgehead atoms. The van der Waals surface area contributed by atoms with Crippen LogP contribution in [0.15, 0.2) is 59.8 Å². The highest BCUT2D eigenvalue weighted by atomic mass is 16.6. The van der Waals surface area contributed by atoms with E-state index in [-0.39, 0.29) is 17.2 Å². The molecule has 2 aliphatic rings. The van der Waals surface area contributed by atoms with Crippen LogP contribution in [0.3, 0.4) is 0 Å². The number of hydrogen-bond acceptors (Lipinski definition) is 8. The molecule has 0 saturated carbocycles. The Morgan fingerprint density at radius 2 is 1.56 bits per heavy atom. The number of anilines is 1. The average Bonchev–Trinajstić information content (AvgIpc) is 3.21. The minimum Gasteiger partial charge on any atom is -0.328 e. The maximum absolute atomic E-state index is 12.8. The molecular formula is C21H16N6O5. The highest BCUT2D eigenvalue weighted by Crippen LogP contribution is 2.41. The van der Waals surface area contributed by atoms with Crippen molar-refractivity contribution < 1.29 is 14.6 Å². The van der Waals surface area contributed by atoms with Gasteiger partial charge < -0.3 is 5.32 Å². The van der Waals surface area contributed by atoms with Gasteiger partial charge >= 0.3 is 0 Å². The molecule has 5 rings (SSSR count). The van der Waals surface area contributed by atoms with Crippen LogP contribution in [0.25, 0.3) is 11.4 Å².